The molecule has 0 fully saturated rings. The van der Waals surface area contributed by atoms with Gasteiger partial charge in [0.2, 0.25) is 0 Å². The molecule has 0 heterocycles. The monoisotopic (exact) mass is 722 g/mol. The molecule has 4 rings (SSSR count). The lowest BCUT2D eigenvalue weighted by molar-refractivity contribution is 0.111. The van der Waals surface area contributed by atoms with E-state index >= 15 is 8.78 Å². The van der Waals surface area contributed by atoms with Crippen LogP contribution in [-0.2, 0) is 0 Å². The Labute approximate surface area is 310 Å². The summed E-state index contributed by atoms with van der Waals surface area (Å²) in [5.74, 6) is -0.616. The van der Waals surface area contributed by atoms with Crippen molar-refractivity contribution in [1.82, 2.24) is 0 Å². The number of unbranched alkanes of at least 4 members (excludes halogenated alkanes) is 15. The van der Waals surface area contributed by atoms with Gasteiger partial charge in [-0.1, -0.05) is 135 Å². The molecule has 286 valence electrons. The van der Waals surface area contributed by atoms with Gasteiger partial charge in [-0.2, -0.15) is 0 Å². The second kappa shape index (κ2) is 25.3. The Morgan fingerprint density at radius 1 is 0.423 bits per heavy atom. The van der Waals surface area contributed by atoms with E-state index in [1.165, 1.54) is 83.1 Å². The SMILES string of the molecule is CCCCCCCCOc1ccc2c(ccc3c(F)c(OCCCCCCCC)ccc32)c1F.CCCCCCCCOc1cccc(C=O)c1F. The van der Waals surface area contributed by atoms with Gasteiger partial charge in [0, 0.05) is 10.8 Å². The summed E-state index contributed by atoms with van der Waals surface area (Å²) >= 11 is 0. The molecule has 0 aliphatic carbocycles. The summed E-state index contributed by atoms with van der Waals surface area (Å²) in [6.07, 6.45) is 21.4. The van der Waals surface area contributed by atoms with E-state index < -0.39 is 5.82 Å². The molecule has 0 aliphatic heterocycles. The highest BCUT2D eigenvalue weighted by Crippen LogP contribution is 2.35. The Kier molecular flexibility index (Phi) is 20.7. The van der Waals surface area contributed by atoms with Crippen molar-refractivity contribution in [1.29, 1.82) is 0 Å². The van der Waals surface area contributed by atoms with Gasteiger partial charge in [0.25, 0.3) is 0 Å². The molecule has 4 nitrogen and oxygen atoms in total. The third-order valence-corrected chi connectivity index (χ3v) is 9.38. The molecule has 7 heteroatoms. The maximum absolute atomic E-state index is 15.1. The number of carbonyl (C=O) groups excluding carboxylic acids is 1. The largest absolute Gasteiger partial charge is 0.490 e. The van der Waals surface area contributed by atoms with Crippen LogP contribution in [0, 0.1) is 17.5 Å². The molecule has 0 unspecified atom stereocenters. The van der Waals surface area contributed by atoms with Crippen LogP contribution in [0.15, 0.2) is 54.6 Å². The molecule has 4 aromatic rings. The second-order valence-corrected chi connectivity index (χ2v) is 13.6. The smallest absolute Gasteiger partial charge is 0.175 e. The van der Waals surface area contributed by atoms with E-state index in [-0.39, 0.29) is 34.4 Å². The molecule has 0 bridgehead atoms. The average Bonchev–Trinajstić information content (AvgIpc) is 3.16. The number of hydrogen-bond donors (Lipinski definition) is 0. The van der Waals surface area contributed by atoms with E-state index in [9.17, 15) is 9.18 Å². The minimum absolute atomic E-state index is 0.0513. The number of ether oxygens (including phenoxy) is 3. The Morgan fingerprint density at radius 3 is 1.15 bits per heavy atom. The van der Waals surface area contributed by atoms with E-state index in [0.29, 0.717) is 47.7 Å². The van der Waals surface area contributed by atoms with Crippen LogP contribution in [0.5, 0.6) is 17.2 Å². The molecule has 0 aromatic heterocycles. The molecular weight excluding hydrogens is 661 g/mol. The van der Waals surface area contributed by atoms with Gasteiger partial charge in [0.05, 0.1) is 25.4 Å². The summed E-state index contributed by atoms with van der Waals surface area (Å²) in [6, 6.07) is 14.9. The van der Waals surface area contributed by atoms with Crippen molar-refractivity contribution in [3.05, 3.63) is 77.6 Å². The molecule has 0 radical (unpaired) electrons. The maximum Gasteiger partial charge on any atom is 0.175 e. The molecule has 0 atom stereocenters. The predicted molar refractivity (Wildman–Crippen MR) is 210 cm³/mol. The van der Waals surface area contributed by atoms with Gasteiger partial charge < -0.3 is 14.2 Å². The van der Waals surface area contributed by atoms with Crippen LogP contribution < -0.4 is 14.2 Å². The molecule has 0 saturated heterocycles. The van der Waals surface area contributed by atoms with Gasteiger partial charge >= 0.3 is 0 Å². The third kappa shape index (κ3) is 14.0. The highest BCUT2D eigenvalue weighted by atomic mass is 19.1. The van der Waals surface area contributed by atoms with Gasteiger partial charge in [-0.3, -0.25) is 4.79 Å². The Bertz CT molecular complexity index is 1520. The fourth-order valence-corrected chi connectivity index (χ4v) is 6.25. The first kappa shape index (κ1) is 42.7. The van der Waals surface area contributed by atoms with Crippen LogP contribution in [-0.4, -0.2) is 26.1 Å². The van der Waals surface area contributed by atoms with Gasteiger partial charge in [0.1, 0.15) is 0 Å². The van der Waals surface area contributed by atoms with E-state index in [2.05, 4.69) is 20.8 Å². The van der Waals surface area contributed by atoms with Gasteiger partial charge in [-0.25, -0.2) is 13.2 Å². The maximum atomic E-state index is 15.1. The first-order chi connectivity index (χ1) is 25.5. The van der Waals surface area contributed by atoms with E-state index in [4.69, 9.17) is 14.2 Å². The lowest BCUT2D eigenvalue weighted by Gasteiger charge is -2.13. The highest BCUT2D eigenvalue weighted by Gasteiger charge is 2.15. The normalized spacial score (nSPS) is 11.0. The first-order valence-electron chi connectivity index (χ1n) is 19.9. The number of benzene rings is 4. The summed E-state index contributed by atoms with van der Waals surface area (Å²) in [5.41, 5.74) is 0.0513. The topological polar surface area (TPSA) is 44.8 Å². The Hall–Kier alpha value is -3.74. The third-order valence-electron chi connectivity index (χ3n) is 9.38. The van der Waals surface area contributed by atoms with Crippen molar-refractivity contribution < 1.29 is 32.2 Å². The summed E-state index contributed by atoms with van der Waals surface area (Å²) in [4.78, 5) is 10.6. The molecule has 0 N–H and O–H groups in total. The molecule has 0 saturated carbocycles. The lowest BCUT2D eigenvalue weighted by Crippen LogP contribution is -2.01. The van der Waals surface area contributed by atoms with Crippen molar-refractivity contribution in [3.8, 4) is 17.2 Å². The van der Waals surface area contributed by atoms with Gasteiger partial charge in [-0.15, -0.1) is 0 Å². The quantitative estimate of drug-likeness (QED) is 0.0388. The second-order valence-electron chi connectivity index (χ2n) is 13.6. The van der Waals surface area contributed by atoms with Crippen molar-refractivity contribution in [2.45, 2.75) is 136 Å². The number of hydrogen-bond acceptors (Lipinski definition) is 4. The summed E-state index contributed by atoms with van der Waals surface area (Å²) in [7, 11) is 0. The first-order valence-corrected chi connectivity index (χ1v) is 19.9. The standard InChI is InChI=1S/C30H40F2O2.C15H21FO2/c1-3-5-7-9-11-13-21-33-27-19-17-23-24-18-20-28(34-22-14-12-10-8-6-4-2)30(32)26(24)16-15-25(23)29(27)31;1-2-3-4-5-6-7-11-18-14-10-8-9-13(12-17)15(14)16/h15-20H,3-14,21-22H2,1-2H3;8-10,12H,2-7,11H2,1H3. The van der Waals surface area contributed by atoms with Crippen molar-refractivity contribution in [2.75, 3.05) is 19.8 Å². The molecule has 4 aromatic carbocycles. The van der Waals surface area contributed by atoms with Crippen molar-refractivity contribution in [3.63, 3.8) is 0 Å². The zero-order valence-electron chi connectivity index (χ0n) is 31.9. The number of carbonyl (C=O) groups is 1. The highest BCUT2D eigenvalue weighted by molar-refractivity contribution is 6.08. The van der Waals surface area contributed by atoms with E-state index in [0.717, 1.165) is 38.5 Å². The molecule has 0 aliphatic rings. The summed E-state index contributed by atoms with van der Waals surface area (Å²) in [6.45, 7) is 8.11. The number of aldehydes is 1. The summed E-state index contributed by atoms with van der Waals surface area (Å²) in [5, 5.41) is 2.27. The fraction of sp³-hybridized carbons (Fsp3) is 0.533. The van der Waals surface area contributed by atoms with Crippen LogP contribution in [0.1, 0.15) is 147 Å². The Balaban J connectivity index is 0.000000341. The fourth-order valence-electron chi connectivity index (χ4n) is 6.25. The zero-order chi connectivity index (χ0) is 37.4. The Morgan fingerprint density at radius 2 is 0.769 bits per heavy atom. The molecule has 0 spiro atoms. The number of halogens is 3. The van der Waals surface area contributed by atoms with Crippen LogP contribution in [0.4, 0.5) is 13.2 Å². The average molecular weight is 723 g/mol. The molecule has 0 amide bonds. The molecule has 52 heavy (non-hydrogen) atoms. The van der Waals surface area contributed by atoms with Crippen LogP contribution in [0.2, 0.25) is 0 Å². The number of fused-ring (bicyclic) bond motifs is 3. The zero-order valence-corrected chi connectivity index (χ0v) is 31.9. The number of rotatable bonds is 25. The van der Waals surface area contributed by atoms with Crippen LogP contribution in [0.25, 0.3) is 21.5 Å². The minimum atomic E-state index is -0.557. The van der Waals surface area contributed by atoms with Crippen molar-refractivity contribution >= 4 is 27.8 Å². The summed E-state index contributed by atoms with van der Waals surface area (Å²) < 4.78 is 60.6. The minimum Gasteiger partial charge on any atom is -0.490 e. The van der Waals surface area contributed by atoms with Gasteiger partial charge in [0.15, 0.2) is 41.0 Å². The van der Waals surface area contributed by atoms with Crippen molar-refractivity contribution in [2.24, 2.45) is 0 Å². The van der Waals surface area contributed by atoms with Crippen LogP contribution in [0.3, 0.4) is 0 Å². The van der Waals surface area contributed by atoms with E-state index in [1.807, 2.05) is 12.1 Å². The van der Waals surface area contributed by atoms with Gasteiger partial charge in [-0.05, 0) is 66.4 Å². The van der Waals surface area contributed by atoms with E-state index in [1.54, 1.807) is 36.4 Å². The van der Waals surface area contributed by atoms with Crippen LogP contribution >= 0.6 is 0 Å². The lowest BCUT2D eigenvalue weighted by atomic mass is 10.0. The predicted octanol–water partition coefficient (Wildman–Crippen LogP) is 14.1. The molecular formula is C45H61F3O4.